The first kappa shape index (κ1) is 46.9. The van der Waals surface area contributed by atoms with Gasteiger partial charge in [-0.3, -0.25) is 9.80 Å². The fraction of sp³-hybridized carbons (Fsp3) is 0.800. The number of aliphatic hydroxyl groups is 3. The molecular formula is C60H84N2O9. The van der Waals surface area contributed by atoms with Crippen molar-refractivity contribution in [3.05, 3.63) is 46.5 Å². The normalized spacial score (nSPS) is 43.8. The van der Waals surface area contributed by atoms with E-state index in [-0.39, 0.29) is 45.1 Å². The number of ether oxygens (including phenoxy) is 6. The molecule has 14 atom stereocenters. The summed E-state index contributed by atoms with van der Waals surface area (Å²) in [6, 6.07) is 9.53. The van der Waals surface area contributed by atoms with Crippen molar-refractivity contribution in [2.45, 2.75) is 208 Å². The predicted octanol–water partition coefficient (Wildman–Crippen LogP) is 8.30. The van der Waals surface area contributed by atoms with Gasteiger partial charge in [0.1, 0.15) is 42.2 Å². The van der Waals surface area contributed by atoms with Crippen molar-refractivity contribution in [3.8, 4) is 23.0 Å². The van der Waals surface area contributed by atoms with Gasteiger partial charge < -0.3 is 43.7 Å². The second-order valence-corrected chi connectivity index (χ2v) is 28.4. The minimum absolute atomic E-state index is 0.0394. The topological polar surface area (TPSA) is 123 Å². The maximum atomic E-state index is 13.6. The van der Waals surface area contributed by atoms with Crippen LogP contribution in [0.4, 0.5) is 0 Å². The molecule has 4 spiro atoms. The number of benzene rings is 2. The van der Waals surface area contributed by atoms with Gasteiger partial charge in [0.25, 0.3) is 0 Å². The van der Waals surface area contributed by atoms with Crippen LogP contribution in [0.5, 0.6) is 23.0 Å². The SMILES string of the molecule is COC12CC[C@@]3(C[C@@H]1[C@](C)(O)C(C)(C)C)[C@H]1Cc4ccc(OCCOc5ccc6c7c5O[C@H]5C8(OC)CC[C@@]9(C[C@]8(O)[C@](C)(O)C(C)(C)C)[C@@H](C6)N(CC6CC6)CC[C@]759)c5c4[C@@]3(CCN1CC1CC1)[C@H]2O5. The van der Waals surface area contributed by atoms with Crippen molar-refractivity contribution < 1.29 is 43.7 Å². The molecule has 16 rings (SSSR count). The van der Waals surface area contributed by atoms with Crippen LogP contribution in [-0.4, -0.2) is 131 Å². The number of rotatable bonds is 13. The van der Waals surface area contributed by atoms with Gasteiger partial charge in [-0.15, -0.1) is 0 Å². The van der Waals surface area contributed by atoms with Crippen LogP contribution in [0.2, 0.25) is 0 Å². The summed E-state index contributed by atoms with van der Waals surface area (Å²) < 4.78 is 42.4. The summed E-state index contributed by atoms with van der Waals surface area (Å²) >= 11 is 0. The molecule has 4 heterocycles. The Morgan fingerprint density at radius 1 is 0.634 bits per heavy atom. The molecule has 4 aliphatic heterocycles. The van der Waals surface area contributed by atoms with Gasteiger partial charge in [-0.25, -0.2) is 0 Å². The minimum Gasteiger partial charge on any atom is -0.486 e. The molecule has 0 amide bonds. The molecule has 8 bridgehead atoms. The largest absolute Gasteiger partial charge is 0.486 e. The highest BCUT2D eigenvalue weighted by molar-refractivity contribution is 5.66. The summed E-state index contributed by atoms with van der Waals surface area (Å²) in [5.74, 6) is 4.62. The Hall–Kier alpha value is -2.64. The summed E-state index contributed by atoms with van der Waals surface area (Å²) in [4.78, 5) is 5.64. The van der Waals surface area contributed by atoms with Gasteiger partial charge in [0, 0.05) is 78.1 Å². The molecule has 2 aromatic carbocycles. The van der Waals surface area contributed by atoms with Gasteiger partial charge in [-0.05, 0) is 163 Å². The van der Waals surface area contributed by atoms with E-state index in [1.54, 1.807) is 7.11 Å². The van der Waals surface area contributed by atoms with Crippen LogP contribution in [0.25, 0.3) is 0 Å². The predicted molar refractivity (Wildman–Crippen MR) is 270 cm³/mol. The van der Waals surface area contributed by atoms with Crippen molar-refractivity contribution >= 4 is 0 Å². The average Bonchev–Trinajstić information content (AvgIpc) is 4.26. The number of likely N-dealkylation sites (tertiary alicyclic amines) is 2. The van der Waals surface area contributed by atoms with Crippen molar-refractivity contribution in [2.24, 2.45) is 39.4 Å². The van der Waals surface area contributed by atoms with Crippen LogP contribution >= 0.6 is 0 Å². The van der Waals surface area contributed by atoms with Crippen LogP contribution in [0.1, 0.15) is 155 Å². The molecule has 11 nitrogen and oxygen atoms in total. The molecule has 10 fully saturated rings. The average molecular weight is 977 g/mol. The van der Waals surface area contributed by atoms with E-state index < -0.39 is 39.5 Å². The summed E-state index contributed by atoms with van der Waals surface area (Å²) in [7, 11) is 3.61. The third kappa shape index (κ3) is 5.28. The fourth-order valence-corrected chi connectivity index (χ4v) is 19.8. The number of methoxy groups -OCH3 is 2. The van der Waals surface area contributed by atoms with Crippen LogP contribution in [-0.2, 0) is 33.1 Å². The van der Waals surface area contributed by atoms with Gasteiger partial charge in [-0.2, -0.15) is 0 Å². The van der Waals surface area contributed by atoms with E-state index in [0.29, 0.717) is 37.8 Å². The quantitative estimate of drug-likeness (QED) is 0.168. The van der Waals surface area contributed by atoms with E-state index in [1.807, 2.05) is 34.8 Å². The van der Waals surface area contributed by atoms with E-state index in [4.69, 9.17) is 28.4 Å². The Morgan fingerprint density at radius 3 is 1.66 bits per heavy atom. The van der Waals surface area contributed by atoms with Gasteiger partial charge >= 0.3 is 0 Å². The second kappa shape index (κ2) is 14.2. The minimum atomic E-state index is -1.56. The lowest BCUT2D eigenvalue weighted by molar-refractivity contribution is -0.376. The maximum Gasteiger partial charge on any atom is 0.166 e. The molecular weight excluding hydrogens is 893 g/mol. The van der Waals surface area contributed by atoms with E-state index in [2.05, 4.69) is 61.8 Å². The third-order valence-corrected chi connectivity index (χ3v) is 24.4. The Morgan fingerprint density at radius 2 is 1.15 bits per heavy atom. The number of piperidine rings is 2. The molecule has 2 unspecified atom stereocenters. The first-order chi connectivity index (χ1) is 33.6. The van der Waals surface area contributed by atoms with Crippen molar-refractivity contribution in [2.75, 3.05) is 53.6 Å². The van der Waals surface area contributed by atoms with Crippen molar-refractivity contribution in [3.63, 3.8) is 0 Å². The van der Waals surface area contributed by atoms with Gasteiger partial charge in [0.15, 0.2) is 23.0 Å². The summed E-state index contributed by atoms with van der Waals surface area (Å²) in [5, 5.41) is 39.1. The maximum absolute atomic E-state index is 13.6. The Kier molecular flexibility index (Phi) is 9.39. The van der Waals surface area contributed by atoms with E-state index in [0.717, 1.165) is 100 Å². The lowest BCUT2D eigenvalue weighted by Gasteiger charge is -2.77. The van der Waals surface area contributed by atoms with Crippen LogP contribution in [0, 0.1) is 39.4 Å². The zero-order valence-electron chi connectivity index (χ0n) is 44.7. The fourth-order valence-electron chi connectivity index (χ4n) is 19.8. The molecule has 14 aliphatic rings. The lowest BCUT2D eigenvalue weighted by atomic mass is 9.32. The third-order valence-electron chi connectivity index (χ3n) is 24.4. The Bertz CT molecular complexity index is 2580. The molecule has 10 aliphatic carbocycles. The Labute approximate surface area is 423 Å². The van der Waals surface area contributed by atoms with E-state index >= 15 is 0 Å². The monoisotopic (exact) mass is 977 g/mol. The van der Waals surface area contributed by atoms with Crippen LogP contribution in [0.3, 0.4) is 0 Å². The lowest BCUT2D eigenvalue weighted by Crippen LogP contribution is -2.89. The molecule has 388 valence electrons. The molecule has 8 saturated carbocycles. The molecule has 2 saturated heterocycles. The number of hydrogen-bond donors (Lipinski definition) is 3. The molecule has 2 aromatic rings. The zero-order valence-corrected chi connectivity index (χ0v) is 44.7. The highest BCUT2D eigenvalue weighted by Crippen LogP contribution is 2.81. The molecule has 0 aromatic heterocycles. The molecule has 11 heteroatoms. The second-order valence-electron chi connectivity index (χ2n) is 28.4. The molecule has 0 radical (unpaired) electrons. The zero-order chi connectivity index (χ0) is 49.5. The molecule has 71 heavy (non-hydrogen) atoms. The number of fused-ring (bicyclic) bond motifs is 4. The first-order valence-corrected chi connectivity index (χ1v) is 28.2. The van der Waals surface area contributed by atoms with Gasteiger partial charge in [0.2, 0.25) is 0 Å². The van der Waals surface area contributed by atoms with Crippen molar-refractivity contribution in [1.82, 2.24) is 9.80 Å². The first-order valence-electron chi connectivity index (χ1n) is 28.2. The summed E-state index contributed by atoms with van der Waals surface area (Å²) in [5.41, 5.74) is -2.38. The summed E-state index contributed by atoms with van der Waals surface area (Å²) in [6.07, 6.45) is 13.3. The highest BCUT2D eigenvalue weighted by atomic mass is 16.6. The van der Waals surface area contributed by atoms with E-state index in [9.17, 15) is 15.3 Å². The van der Waals surface area contributed by atoms with Crippen LogP contribution < -0.4 is 18.9 Å². The van der Waals surface area contributed by atoms with E-state index in [1.165, 1.54) is 54.5 Å². The highest BCUT2D eigenvalue weighted by Gasteiger charge is 2.87. The number of nitrogens with zero attached hydrogens (tertiary/aromatic N) is 2. The standard InChI is InChI=1S/C60H84N2O9/c1-50(2,3)52(7,63)41-31-54-19-21-58(41,66-9)48-56(54)23-25-61(32-35-11-12-35)42(54)29-37-15-17-39(46(70-48)44(37)56)68-27-28-69-40-18-16-38-30-43-55-20-22-59(67-10,60(65,34-55)53(8,64)51(4,5)6)49-57(55,45(38)47(40)71-49)24-26-62(43)33-36-13-14-36/h15-18,35-36,41-43,48-49,63-65H,11-14,19-34H2,1-10H3/t41-,42-,43-,48-,49-,52+,53-,54-,55-,56+,57+,58?,59?,60+/m1/s1. The number of hydrogen-bond acceptors (Lipinski definition) is 11. The van der Waals surface area contributed by atoms with Crippen LogP contribution in [0.15, 0.2) is 24.3 Å². The van der Waals surface area contributed by atoms with Gasteiger partial charge in [0.05, 0.1) is 11.2 Å². The molecule has 3 N–H and O–H groups in total. The van der Waals surface area contributed by atoms with Crippen molar-refractivity contribution in [1.29, 1.82) is 0 Å². The summed E-state index contributed by atoms with van der Waals surface area (Å²) in [6.45, 7) is 21.5. The van der Waals surface area contributed by atoms with Gasteiger partial charge in [-0.1, -0.05) is 53.7 Å². The smallest absolute Gasteiger partial charge is 0.166 e. The Balaban J connectivity index is 0.795.